The number of hydrogen-bond acceptors (Lipinski definition) is 8. The number of nitrogens with zero attached hydrogens (tertiary/aromatic N) is 5. The molecule has 3 heterocycles. The molecule has 1 N–H and O–H groups in total. The summed E-state index contributed by atoms with van der Waals surface area (Å²) < 4.78 is 4.51. The zero-order chi connectivity index (χ0) is 17.6. The van der Waals surface area contributed by atoms with E-state index in [0.717, 1.165) is 0 Å². The van der Waals surface area contributed by atoms with E-state index in [2.05, 4.69) is 29.9 Å². The van der Waals surface area contributed by atoms with Gasteiger partial charge in [-0.15, -0.1) is 11.3 Å². The van der Waals surface area contributed by atoms with Crippen LogP contribution < -0.4 is 10.2 Å². The molecule has 0 aliphatic carbocycles. The molecule has 0 radical (unpaired) electrons. The molecule has 0 spiro atoms. The third-order valence-electron chi connectivity index (χ3n) is 3.75. The van der Waals surface area contributed by atoms with Gasteiger partial charge >= 0.3 is 6.09 Å². The molecular formula is C15H18N6O3S. The number of piperazine rings is 1. The zero-order valence-electron chi connectivity index (χ0n) is 13.7. The Labute approximate surface area is 148 Å². The monoisotopic (exact) mass is 362 g/mol. The minimum Gasteiger partial charge on any atom is -0.453 e. The molecule has 2 amide bonds. The molecule has 9 nitrogen and oxygen atoms in total. The number of nitrogens with one attached hydrogen (secondary N) is 1. The van der Waals surface area contributed by atoms with Crippen molar-refractivity contribution >= 4 is 34.4 Å². The summed E-state index contributed by atoms with van der Waals surface area (Å²) in [7, 11) is 1.29. The van der Waals surface area contributed by atoms with Crippen molar-refractivity contribution < 1.29 is 14.3 Å². The maximum absolute atomic E-state index is 12.4. The first-order chi connectivity index (χ1) is 12.2. The van der Waals surface area contributed by atoms with Gasteiger partial charge in [-0.3, -0.25) is 10.1 Å². The second-order valence-corrected chi connectivity index (χ2v) is 6.21. The first-order valence-corrected chi connectivity index (χ1v) is 8.63. The highest BCUT2D eigenvalue weighted by Gasteiger charge is 2.23. The second kappa shape index (κ2) is 7.88. The topological polar surface area (TPSA) is 101 Å². The molecule has 132 valence electrons. The molecule has 0 unspecified atom stereocenters. The number of amides is 2. The van der Waals surface area contributed by atoms with Gasteiger partial charge in [0.1, 0.15) is 0 Å². The van der Waals surface area contributed by atoms with Crippen LogP contribution in [0.4, 0.5) is 15.9 Å². The number of methoxy groups -OCH3 is 1. The predicted octanol–water partition coefficient (Wildman–Crippen LogP) is 1.00. The summed E-state index contributed by atoms with van der Waals surface area (Å²) in [4.78, 5) is 40.1. The van der Waals surface area contributed by atoms with E-state index in [1.165, 1.54) is 18.4 Å². The largest absolute Gasteiger partial charge is 0.453 e. The van der Waals surface area contributed by atoms with Crippen LogP contribution >= 0.6 is 11.3 Å². The van der Waals surface area contributed by atoms with Gasteiger partial charge in [-0.25, -0.2) is 19.7 Å². The van der Waals surface area contributed by atoms with Crippen LogP contribution in [0.15, 0.2) is 23.8 Å². The Kier molecular flexibility index (Phi) is 5.39. The van der Waals surface area contributed by atoms with Crippen molar-refractivity contribution in [3.05, 3.63) is 29.5 Å². The van der Waals surface area contributed by atoms with Crippen LogP contribution in [-0.2, 0) is 16.0 Å². The number of rotatable bonds is 4. The summed E-state index contributed by atoms with van der Waals surface area (Å²) >= 11 is 1.26. The predicted molar refractivity (Wildman–Crippen MR) is 92.7 cm³/mol. The van der Waals surface area contributed by atoms with Gasteiger partial charge in [0.15, 0.2) is 5.13 Å². The minimum absolute atomic E-state index is 0.0172. The molecule has 1 aliphatic rings. The Morgan fingerprint density at radius 2 is 1.96 bits per heavy atom. The molecule has 10 heteroatoms. The summed E-state index contributed by atoms with van der Waals surface area (Å²) in [5.74, 6) is 0.705. The van der Waals surface area contributed by atoms with Gasteiger partial charge in [-0.05, 0) is 6.07 Å². The van der Waals surface area contributed by atoms with Gasteiger partial charge in [-0.1, -0.05) is 0 Å². The third kappa shape index (κ3) is 4.41. The Bertz CT molecular complexity index is 730. The Morgan fingerprint density at radius 3 is 2.64 bits per heavy atom. The van der Waals surface area contributed by atoms with E-state index in [1.807, 2.05) is 4.90 Å². The standard InChI is InChI=1S/C15H18N6O3S/c1-24-15(23)19-14-18-11(10-25-14)9-12(22)20-5-7-21(8-6-20)13-16-3-2-4-17-13/h2-4,10H,5-9H2,1H3,(H,18,19,23). The Balaban J connectivity index is 1.50. The van der Waals surface area contributed by atoms with Crippen LogP contribution in [0.1, 0.15) is 5.69 Å². The van der Waals surface area contributed by atoms with Gasteiger partial charge in [0, 0.05) is 44.0 Å². The Morgan fingerprint density at radius 1 is 1.24 bits per heavy atom. The van der Waals surface area contributed by atoms with E-state index in [-0.39, 0.29) is 12.3 Å². The SMILES string of the molecule is COC(=O)Nc1nc(CC(=O)N2CCN(c3ncccn3)CC2)cs1. The first-order valence-electron chi connectivity index (χ1n) is 7.75. The second-order valence-electron chi connectivity index (χ2n) is 5.35. The number of anilines is 2. The molecule has 0 atom stereocenters. The number of carbonyl (C=O) groups excluding carboxylic acids is 2. The zero-order valence-corrected chi connectivity index (χ0v) is 14.5. The summed E-state index contributed by atoms with van der Waals surface area (Å²) in [6.45, 7) is 2.63. The van der Waals surface area contributed by atoms with Crippen LogP contribution in [0, 0.1) is 0 Å². The molecular weight excluding hydrogens is 344 g/mol. The van der Waals surface area contributed by atoms with Gasteiger partial charge in [0.2, 0.25) is 11.9 Å². The molecule has 25 heavy (non-hydrogen) atoms. The van der Waals surface area contributed by atoms with Gasteiger partial charge < -0.3 is 14.5 Å². The van der Waals surface area contributed by atoms with E-state index in [9.17, 15) is 9.59 Å². The van der Waals surface area contributed by atoms with Crippen molar-refractivity contribution in [2.45, 2.75) is 6.42 Å². The van der Waals surface area contributed by atoms with Crippen molar-refractivity contribution in [2.75, 3.05) is 43.5 Å². The van der Waals surface area contributed by atoms with E-state index in [0.29, 0.717) is 43.0 Å². The average molecular weight is 362 g/mol. The van der Waals surface area contributed by atoms with Gasteiger partial charge in [0.25, 0.3) is 0 Å². The van der Waals surface area contributed by atoms with Crippen LogP contribution in [0.2, 0.25) is 0 Å². The lowest BCUT2D eigenvalue weighted by atomic mass is 10.2. The van der Waals surface area contributed by atoms with Crippen LogP contribution in [0.5, 0.6) is 0 Å². The fourth-order valence-corrected chi connectivity index (χ4v) is 3.16. The molecule has 1 saturated heterocycles. The number of hydrogen-bond donors (Lipinski definition) is 1. The number of aromatic nitrogens is 3. The first kappa shape index (κ1) is 17.1. The maximum atomic E-state index is 12.4. The molecule has 0 bridgehead atoms. The summed E-state index contributed by atoms with van der Waals surface area (Å²) in [5.41, 5.74) is 0.634. The van der Waals surface area contributed by atoms with Crippen LogP contribution in [0.3, 0.4) is 0 Å². The normalized spacial score (nSPS) is 14.3. The van der Waals surface area contributed by atoms with Gasteiger partial charge in [-0.2, -0.15) is 0 Å². The van der Waals surface area contributed by atoms with Crippen LogP contribution in [0.25, 0.3) is 0 Å². The van der Waals surface area contributed by atoms with E-state index in [1.54, 1.807) is 23.8 Å². The highest BCUT2D eigenvalue weighted by atomic mass is 32.1. The number of ether oxygens (including phenoxy) is 1. The molecule has 1 aliphatic heterocycles. The van der Waals surface area contributed by atoms with E-state index < -0.39 is 6.09 Å². The maximum Gasteiger partial charge on any atom is 0.413 e. The fraction of sp³-hybridized carbons (Fsp3) is 0.400. The van der Waals surface area contributed by atoms with Crippen molar-refractivity contribution in [1.29, 1.82) is 0 Å². The molecule has 0 saturated carbocycles. The minimum atomic E-state index is -0.577. The van der Waals surface area contributed by atoms with E-state index in [4.69, 9.17) is 0 Å². The van der Waals surface area contributed by atoms with Crippen LogP contribution in [-0.4, -0.2) is 65.1 Å². The van der Waals surface area contributed by atoms with E-state index >= 15 is 0 Å². The van der Waals surface area contributed by atoms with Crippen molar-refractivity contribution in [1.82, 2.24) is 19.9 Å². The quantitative estimate of drug-likeness (QED) is 0.866. The van der Waals surface area contributed by atoms with Crippen molar-refractivity contribution in [3.63, 3.8) is 0 Å². The number of carbonyl (C=O) groups is 2. The summed E-state index contributed by atoms with van der Waals surface area (Å²) in [6, 6.07) is 1.78. The fourth-order valence-electron chi connectivity index (χ4n) is 2.46. The molecule has 2 aromatic rings. The van der Waals surface area contributed by atoms with Gasteiger partial charge in [0.05, 0.1) is 19.2 Å². The van der Waals surface area contributed by atoms with Crippen molar-refractivity contribution in [2.24, 2.45) is 0 Å². The summed E-state index contributed by atoms with van der Waals surface area (Å²) in [5, 5.41) is 4.67. The summed E-state index contributed by atoms with van der Waals surface area (Å²) in [6.07, 6.45) is 3.05. The molecule has 3 rings (SSSR count). The lowest BCUT2D eigenvalue weighted by Crippen LogP contribution is -2.49. The average Bonchev–Trinajstić information content (AvgIpc) is 3.09. The van der Waals surface area contributed by atoms with Crippen molar-refractivity contribution in [3.8, 4) is 0 Å². The molecule has 2 aromatic heterocycles. The molecule has 0 aromatic carbocycles. The lowest BCUT2D eigenvalue weighted by Gasteiger charge is -2.34. The lowest BCUT2D eigenvalue weighted by molar-refractivity contribution is -0.130. The highest BCUT2D eigenvalue weighted by Crippen LogP contribution is 2.17. The Hall–Kier alpha value is -2.75. The molecule has 1 fully saturated rings. The number of thiazole rings is 1. The smallest absolute Gasteiger partial charge is 0.413 e. The third-order valence-corrected chi connectivity index (χ3v) is 4.55. The highest BCUT2D eigenvalue weighted by molar-refractivity contribution is 7.13.